The molecule has 0 saturated heterocycles. The van der Waals surface area contributed by atoms with E-state index in [0.717, 1.165) is 6.08 Å². The molecule has 0 saturated carbocycles. The third kappa shape index (κ3) is 19.1. The van der Waals surface area contributed by atoms with Crippen LogP contribution in [0.1, 0.15) is 13.8 Å². The lowest BCUT2D eigenvalue weighted by molar-refractivity contribution is -0.117. The first kappa shape index (κ1) is 17.8. The molecular formula is C10H21NO4S. The molecule has 0 aromatic heterocycles. The fourth-order valence-electron chi connectivity index (χ4n) is 0.559. The predicted octanol–water partition coefficient (Wildman–Crippen LogP) is -0.280. The maximum Gasteiger partial charge on any atom is 0.245 e. The van der Waals surface area contributed by atoms with E-state index in [9.17, 15) is 4.79 Å². The van der Waals surface area contributed by atoms with Crippen molar-refractivity contribution < 1.29 is 20.1 Å². The number of nitrogens with one attached hydrogen (secondary N) is 1. The van der Waals surface area contributed by atoms with E-state index < -0.39 is 0 Å². The van der Waals surface area contributed by atoms with E-state index in [-0.39, 0.29) is 24.8 Å². The highest BCUT2D eigenvalue weighted by atomic mass is 32.2. The molecule has 0 aromatic carbocycles. The zero-order valence-corrected chi connectivity index (χ0v) is 10.5. The number of rotatable bonds is 6. The highest BCUT2D eigenvalue weighted by Crippen LogP contribution is 2.03. The predicted molar refractivity (Wildman–Crippen MR) is 66.1 cm³/mol. The second-order valence-electron chi connectivity index (χ2n) is 3.14. The SMILES string of the molecule is C=CC(=O)NCO.CC(O)CSCC(C)O. The van der Waals surface area contributed by atoms with Crippen LogP contribution in [-0.2, 0) is 4.79 Å². The molecule has 0 bridgehead atoms. The summed E-state index contributed by atoms with van der Waals surface area (Å²) >= 11 is 1.57. The fraction of sp³-hybridized carbons (Fsp3) is 0.700. The molecule has 2 atom stereocenters. The molecule has 4 N–H and O–H groups in total. The molecular weight excluding hydrogens is 230 g/mol. The number of aliphatic hydroxyl groups is 3. The average Bonchev–Trinajstić information content (AvgIpc) is 2.18. The fourth-order valence-corrected chi connectivity index (χ4v) is 1.38. The van der Waals surface area contributed by atoms with Crippen molar-refractivity contribution >= 4 is 17.7 Å². The van der Waals surface area contributed by atoms with Crippen molar-refractivity contribution in [3.8, 4) is 0 Å². The molecule has 96 valence electrons. The first-order chi connectivity index (χ1) is 7.43. The van der Waals surface area contributed by atoms with Gasteiger partial charge in [0.1, 0.15) is 6.73 Å². The molecule has 2 unspecified atom stereocenters. The van der Waals surface area contributed by atoms with Crippen LogP contribution in [0.2, 0.25) is 0 Å². The van der Waals surface area contributed by atoms with E-state index in [1.165, 1.54) is 0 Å². The number of amides is 1. The summed E-state index contributed by atoms with van der Waals surface area (Å²) in [5, 5.41) is 27.6. The standard InChI is InChI=1S/C6H14O2S.C4H7NO2/c1-5(7)3-9-4-6(2)8;1-2-4(7)5-3-6/h5-8H,3-4H2,1-2H3;2,6H,1,3H2,(H,5,7). The molecule has 5 nitrogen and oxygen atoms in total. The lowest BCUT2D eigenvalue weighted by Gasteiger charge is -2.04. The van der Waals surface area contributed by atoms with Crippen LogP contribution < -0.4 is 5.32 Å². The van der Waals surface area contributed by atoms with Crippen molar-refractivity contribution in [3.05, 3.63) is 12.7 Å². The van der Waals surface area contributed by atoms with Crippen LogP contribution >= 0.6 is 11.8 Å². The van der Waals surface area contributed by atoms with Crippen LogP contribution in [-0.4, -0.2) is 51.7 Å². The van der Waals surface area contributed by atoms with Gasteiger partial charge < -0.3 is 20.6 Å². The molecule has 0 rings (SSSR count). The van der Waals surface area contributed by atoms with Crippen LogP contribution in [0.3, 0.4) is 0 Å². The number of hydrogen-bond donors (Lipinski definition) is 4. The van der Waals surface area contributed by atoms with Crippen molar-refractivity contribution in [2.24, 2.45) is 0 Å². The zero-order chi connectivity index (χ0) is 13.0. The quantitative estimate of drug-likeness (QED) is 0.385. The number of aliphatic hydroxyl groups excluding tert-OH is 3. The second kappa shape index (κ2) is 12.5. The summed E-state index contributed by atoms with van der Waals surface area (Å²) in [6.07, 6.45) is 0.582. The summed E-state index contributed by atoms with van der Waals surface area (Å²) < 4.78 is 0. The number of carbonyl (C=O) groups is 1. The van der Waals surface area contributed by atoms with Crippen LogP contribution in [0.4, 0.5) is 0 Å². The van der Waals surface area contributed by atoms with E-state index in [4.69, 9.17) is 15.3 Å². The number of carbonyl (C=O) groups excluding carboxylic acids is 1. The van der Waals surface area contributed by atoms with E-state index in [1.807, 2.05) is 0 Å². The van der Waals surface area contributed by atoms with Crippen LogP contribution in [0, 0.1) is 0 Å². The Balaban J connectivity index is 0. The van der Waals surface area contributed by atoms with Crippen molar-refractivity contribution in [3.63, 3.8) is 0 Å². The summed E-state index contributed by atoms with van der Waals surface area (Å²) in [5.41, 5.74) is 0. The van der Waals surface area contributed by atoms with Gasteiger partial charge in [-0.2, -0.15) is 11.8 Å². The van der Waals surface area contributed by atoms with Gasteiger partial charge in [0.2, 0.25) is 5.91 Å². The van der Waals surface area contributed by atoms with Crippen LogP contribution in [0.15, 0.2) is 12.7 Å². The van der Waals surface area contributed by atoms with Gasteiger partial charge in [-0.15, -0.1) is 0 Å². The third-order valence-electron chi connectivity index (χ3n) is 1.16. The lowest BCUT2D eigenvalue weighted by Crippen LogP contribution is -2.20. The van der Waals surface area contributed by atoms with Crippen LogP contribution in [0.25, 0.3) is 0 Å². The van der Waals surface area contributed by atoms with Crippen molar-refractivity contribution in [2.45, 2.75) is 26.1 Å². The van der Waals surface area contributed by atoms with Gasteiger partial charge in [-0.25, -0.2) is 0 Å². The Morgan fingerprint density at radius 3 is 2.00 bits per heavy atom. The molecule has 1 amide bonds. The molecule has 0 aliphatic rings. The molecule has 16 heavy (non-hydrogen) atoms. The summed E-state index contributed by atoms with van der Waals surface area (Å²) in [7, 11) is 0. The van der Waals surface area contributed by atoms with Gasteiger partial charge in [0.25, 0.3) is 0 Å². The Labute approximate surface area is 101 Å². The first-order valence-corrected chi connectivity index (χ1v) is 6.04. The van der Waals surface area contributed by atoms with Crippen molar-refractivity contribution in [2.75, 3.05) is 18.2 Å². The highest BCUT2D eigenvalue weighted by Gasteiger charge is 1.98. The minimum Gasteiger partial charge on any atom is -0.393 e. The molecule has 0 spiro atoms. The summed E-state index contributed by atoms with van der Waals surface area (Å²) in [6.45, 7) is 6.32. The van der Waals surface area contributed by atoms with E-state index in [2.05, 4.69) is 11.9 Å². The van der Waals surface area contributed by atoms with E-state index >= 15 is 0 Å². The maximum absolute atomic E-state index is 10.0. The molecule has 0 radical (unpaired) electrons. The minimum atomic E-state index is -0.359. The highest BCUT2D eigenvalue weighted by molar-refractivity contribution is 7.99. The van der Waals surface area contributed by atoms with Gasteiger partial charge in [-0.05, 0) is 19.9 Å². The van der Waals surface area contributed by atoms with Gasteiger partial charge in [0.05, 0.1) is 12.2 Å². The Bertz CT molecular complexity index is 178. The normalized spacial score (nSPS) is 13.1. The van der Waals surface area contributed by atoms with Crippen molar-refractivity contribution in [1.29, 1.82) is 0 Å². The molecule has 0 aliphatic carbocycles. The van der Waals surface area contributed by atoms with Gasteiger partial charge >= 0.3 is 0 Å². The lowest BCUT2D eigenvalue weighted by atomic mass is 10.5. The molecule has 0 fully saturated rings. The van der Waals surface area contributed by atoms with Gasteiger partial charge in [-0.3, -0.25) is 4.79 Å². The zero-order valence-electron chi connectivity index (χ0n) is 9.72. The summed E-state index contributed by atoms with van der Waals surface area (Å²) in [5.74, 6) is 1.07. The smallest absolute Gasteiger partial charge is 0.245 e. The van der Waals surface area contributed by atoms with E-state index in [1.54, 1.807) is 25.6 Å². The Kier molecular flexibility index (Phi) is 13.9. The largest absolute Gasteiger partial charge is 0.393 e. The van der Waals surface area contributed by atoms with E-state index in [0.29, 0.717) is 11.5 Å². The van der Waals surface area contributed by atoms with Gasteiger partial charge in [0, 0.05) is 11.5 Å². The van der Waals surface area contributed by atoms with Gasteiger partial charge in [0.15, 0.2) is 0 Å². The maximum atomic E-state index is 10.0. The van der Waals surface area contributed by atoms with Crippen LogP contribution in [0.5, 0.6) is 0 Å². The molecule has 0 aromatic rings. The Morgan fingerprint density at radius 1 is 1.38 bits per heavy atom. The van der Waals surface area contributed by atoms with Gasteiger partial charge in [-0.1, -0.05) is 6.58 Å². The minimum absolute atomic E-state index is 0.256. The Hall–Kier alpha value is -0.560. The Morgan fingerprint density at radius 2 is 1.81 bits per heavy atom. The third-order valence-corrected chi connectivity index (χ3v) is 2.59. The monoisotopic (exact) mass is 251 g/mol. The summed E-state index contributed by atoms with van der Waals surface area (Å²) in [6, 6.07) is 0. The number of thioether (sulfide) groups is 1. The average molecular weight is 251 g/mol. The topological polar surface area (TPSA) is 89.8 Å². The second-order valence-corrected chi connectivity index (χ2v) is 4.21. The molecule has 0 aliphatic heterocycles. The first-order valence-electron chi connectivity index (χ1n) is 4.89. The number of hydrogen-bond acceptors (Lipinski definition) is 5. The molecule has 6 heteroatoms. The summed E-state index contributed by atoms with van der Waals surface area (Å²) in [4.78, 5) is 10.0. The molecule has 0 heterocycles. The van der Waals surface area contributed by atoms with Crippen molar-refractivity contribution in [1.82, 2.24) is 5.32 Å².